The lowest BCUT2D eigenvalue weighted by molar-refractivity contribution is 0.251. The average molecular weight is 382 g/mol. The van der Waals surface area contributed by atoms with E-state index in [4.69, 9.17) is 0 Å². The number of urea groups is 1. The smallest absolute Gasteiger partial charge is 0.321 e. The van der Waals surface area contributed by atoms with Crippen molar-refractivity contribution in [2.45, 2.75) is 45.2 Å². The Labute approximate surface area is 162 Å². The predicted octanol–water partition coefficient (Wildman–Crippen LogP) is 3.98. The number of fused-ring (bicyclic) bond motifs is 1. The molecule has 140 valence electrons. The third kappa shape index (κ3) is 4.54. The third-order valence-electron chi connectivity index (χ3n) is 4.77. The molecule has 0 spiro atoms. The maximum absolute atomic E-state index is 12.3. The van der Waals surface area contributed by atoms with Gasteiger partial charge in [-0.25, -0.2) is 9.78 Å². The molecule has 4 rings (SSSR count). The molecule has 3 aromatic rings. The van der Waals surface area contributed by atoms with Gasteiger partial charge in [0, 0.05) is 23.8 Å². The molecule has 2 amide bonds. The molecular formula is C20H23N5OS. The molecule has 27 heavy (non-hydrogen) atoms. The van der Waals surface area contributed by atoms with E-state index in [-0.39, 0.29) is 6.03 Å². The number of nitrogens with zero attached hydrogens (tertiary/aromatic N) is 3. The number of nitrogens with one attached hydrogen (secondary N) is 2. The van der Waals surface area contributed by atoms with Crippen LogP contribution in [0.1, 0.15) is 41.0 Å². The minimum absolute atomic E-state index is 0.215. The van der Waals surface area contributed by atoms with Gasteiger partial charge in [-0.05, 0) is 42.9 Å². The molecule has 0 atom stereocenters. The van der Waals surface area contributed by atoms with Gasteiger partial charge in [-0.15, -0.1) is 11.3 Å². The highest BCUT2D eigenvalue weighted by atomic mass is 32.1. The number of hydrogen-bond acceptors (Lipinski definition) is 4. The zero-order valence-electron chi connectivity index (χ0n) is 15.1. The van der Waals surface area contributed by atoms with E-state index in [0.29, 0.717) is 18.2 Å². The van der Waals surface area contributed by atoms with Gasteiger partial charge in [0.2, 0.25) is 0 Å². The standard InChI is InChI=1S/C20H23N5OS/c26-19(24-20-23-17-9-2-1-3-10-18(17)27-20)21-13-15-7-4-5-8-16(15)14-25-12-6-11-22-25/h4-8,11-12H,1-3,9-10,13-14H2,(H2,21,23,24,26). The van der Waals surface area contributed by atoms with Crippen LogP contribution >= 0.6 is 11.3 Å². The van der Waals surface area contributed by atoms with E-state index in [2.05, 4.69) is 26.8 Å². The number of aryl methyl sites for hydroxylation is 2. The van der Waals surface area contributed by atoms with E-state index in [1.807, 2.05) is 35.1 Å². The first kappa shape index (κ1) is 17.7. The fourth-order valence-corrected chi connectivity index (χ4v) is 4.40. The molecule has 0 fully saturated rings. The molecule has 0 saturated heterocycles. The molecule has 2 aromatic heterocycles. The van der Waals surface area contributed by atoms with Crippen molar-refractivity contribution in [2.75, 3.05) is 5.32 Å². The van der Waals surface area contributed by atoms with E-state index >= 15 is 0 Å². The molecule has 0 radical (unpaired) electrons. The summed E-state index contributed by atoms with van der Waals surface area (Å²) < 4.78 is 1.88. The second-order valence-corrected chi connectivity index (χ2v) is 7.81. The monoisotopic (exact) mass is 381 g/mol. The Bertz CT molecular complexity index is 880. The van der Waals surface area contributed by atoms with Crippen molar-refractivity contribution >= 4 is 22.5 Å². The summed E-state index contributed by atoms with van der Waals surface area (Å²) in [4.78, 5) is 18.3. The summed E-state index contributed by atoms with van der Waals surface area (Å²) in [6.07, 6.45) is 9.48. The van der Waals surface area contributed by atoms with Crippen molar-refractivity contribution in [3.8, 4) is 0 Å². The van der Waals surface area contributed by atoms with Crippen LogP contribution in [0.2, 0.25) is 0 Å². The maximum atomic E-state index is 12.3. The minimum Gasteiger partial charge on any atom is -0.334 e. The number of anilines is 1. The molecule has 1 aliphatic carbocycles. The molecule has 1 aliphatic rings. The molecule has 2 N–H and O–H groups in total. The predicted molar refractivity (Wildman–Crippen MR) is 107 cm³/mol. The van der Waals surface area contributed by atoms with Gasteiger partial charge in [-0.2, -0.15) is 5.10 Å². The number of rotatable bonds is 5. The molecule has 0 aliphatic heterocycles. The summed E-state index contributed by atoms with van der Waals surface area (Å²) in [7, 11) is 0. The van der Waals surface area contributed by atoms with Crippen LogP contribution in [0.15, 0.2) is 42.7 Å². The van der Waals surface area contributed by atoms with Crippen LogP contribution in [-0.2, 0) is 25.9 Å². The fraction of sp³-hybridized carbons (Fsp3) is 0.350. The maximum Gasteiger partial charge on any atom is 0.321 e. The van der Waals surface area contributed by atoms with Crippen molar-refractivity contribution < 1.29 is 4.79 Å². The molecule has 0 unspecified atom stereocenters. The summed E-state index contributed by atoms with van der Waals surface area (Å²) in [5, 5.41) is 10.8. The Hall–Kier alpha value is -2.67. The SMILES string of the molecule is O=C(NCc1ccccc1Cn1cccn1)Nc1nc2c(s1)CCCCC2. The van der Waals surface area contributed by atoms with Gasteiger partial charge in [-0.1, -0.05) is 30.7 Å². The lowest BCUT2D eigenvalue weighted by Gasteiger charge is -2.11. The van der Waals surface area contributed by atoms with E-state index in [1.165, 1.54) is 24.1 Å². The van der Waals surface area contributed by atoms with Crippen molar-refractivity contribution in [3.05, 3.63) is 64.4 Å². The zero-order valence-corrected chi connectivity index (χ0v) is 16.0. The van der Waals surface area contributed by atoms with E-state index in [1.54, 1.807) is 17.5 Å². The summed E-state index contributed by atoms with van der Waals surface area (Å²) in [6, 6.07) is 9.78. The number of carbonyl (C=O) groups is 1. The lowest BCUT2D eigenvalue weighted by Crippen LogP contribution is -2.28. The normalized spacial score (nSPS) is 13.6. The number of carbonyl (C=O) groups excluding carboxylic acids is 1. The average Bonchev–Trinajstić information content (AvgIpc) is 3.26. The first-order valence-corrected chi connectivity index (χ1v) is 10.2. The van der Waals surface area contributed by atoms with E-state index in [9.17, 15) is 4.79 Å². The number of hydrogen-bond donors (Lipinski definition) is 2. The van der Waals surface area contributed by atoms with Gasteiger partial charge in [0.25, 0.3) is 0 Å². The van der Waals surface area contributed by atoms with Crippen LogP contribution < -0.4 is 10.6 Å². The molecule has 0 saturated carbocycles. The number of benzene rings is 1. The summed E-state index contributed by atoms with van der Waals surface area (Å²) in [5.74, 6) is 0. The van der Waals surface area contributed by atoms with Crippen LogP contribution in [-0.4, -0.2) is 20.8 Å². The molecule has 7 heteroatoms. The van der Waals surface area contributed by atoms with Crippen LogP contribution in [0.3, 0.4) is 0 Å². The quantitative estimate of drug-likeness (QED) is 0.657. The largest absolute Gasteiger partial charge is 0.334 e. The third-order valence-corrected chi connectivity index (χ3v) is 5.84. The lowest BCUT2D eigenvalue weighted by atomic mass is 10.1. The second-order valence-electron chi connectivity index (χ2n) is 6.73. The Morgan fingerprint density at radius 3 is 2.81 bits per heavy atom. The van der Waals surface area contributed by atoms with Gasteiger partial charge >= 0.3 is 6.03 Å². The van der Waals surface area contributed by atoms with Crippen molar-refractivity contribution in [2.24, 2.45) is 0 Å². The Balaban J connectivity index is 1.36. The molecule has 6 nitrogen and oxygen atoms in total. The molecule has 2 heterocycles. The highest BCUT2D eigenvalue weighted by molar-refractivity contribution is 7.15. The number of thiazole rings is 1. The highest BCUT2D eigenvalue weighted by Crippen LogP contribution is 2.28. The molecule has 1 aromatic carbocycles. The van der Waals surface area contributed by atoms with Gasteiger partial charge in [0.15, 0.2) is 5.13 Å². The topological polar surface area (TPSA) is 71.8 Å². The Morgan fingerprint density at radius 2 is 1.96 bits per heavy atom. The van der Waals surface area contributed by atoms with Gasteiger partial charge in [0.1, 0.15) is 0 Å². The highest BCUT2D eigenvalue weighted by Gasteiger charge is 2.15. The fourth-order valence-electron chi connectivity index (χ4n) is 3.35. The first-order chi connectivity index (χ1) is 13.3. The summed E-state index contributed by atoms with van der Waals surface area (Å²) in [5.41, 5.74) is 3.39. The van der Waals surface area contributed by atoms with Gasteiger partial charge < -0.3 is 5.32 Å². The van der Waals surface area contributed by atoms with Crippen LogP contribution in [0.25, 0.3) is 0 Å². The number of amides is 2. The molecular weight excluding hydrogens is 358 g/mol. The van der Waals surface area contributed by atoms with Crippen molar-refractivity contribution in [1.29, 1.82) is 0 Å². The van der Waals surface area contributed by atoms with Crippen LogP contribution in [0.4, 0.5) is 9.93 Å². The molecule has 0 bridgehead atoms. The van der Waals surface area contributed by atoms with Crippen molar-refractivity contribution in [3.63, 3.8) is 0 Å². The van der Waals surface area contributed by atoms with Gasteiger partial charge in [-0.3, -0.25) is 10.00 Å². The van der Waals surface area contributed by atoms with Gasteiger partial charge in [0.05, 0.1) is 12.2 Å². The zero-order chi connectivity index (χ0) is 18.5. The Kier molecular flexibility index (Phi) is 5.48. The van der Waals surface area contributed by atoms with E-state index in [0.717, 1.165) is 29.7 Å². The van der Waals surface area contributed by atoms with E-state index < -0.39 is 0 Å². The summed E-state index contributed by atoms with van der Waals surface area (Å²) >= 11 is 1.61. The number of aromatic nitrogens is 3. The minimum atomic E-state index is -0.215. The van der Waals surface area contributed by atoms with Crippen molar-refractivity contribution in [1.82, 2.24) is 20.1 Å². The van der Waals surface area contributed by atoms with Crippen LogP contribution in [0, 0.1) is 0 Å². The first-order valence-electron chi connectivity index (χ1n) is 9.35. The second kappa shape index (κ2) is 8.35. The van der Waals surface area contributed by atoms with Crippen LogP contribution in [0.5, 0.6) is 0 Å². The summed E-state index contributed by atoms with van der Waals surface area (Å²) in [6.45, 7) is 1.15. The Morgan fingerprint density at radius 1 is 1.11 bits per heavy atom.